The summed E-state index contributed by atoms with van der Waals surface area (Å²) in [6, 6.07) is 0. The Kier molecular flexibility index (Phi) is 11.9. The topological polar surface area (TPSA) is 27.7 Å². The molecule has 23 heavy (non-hydrogen) atoms. The van der Waals surface area contributed by atoms with E-state index < -0.39 is 18.6 Å². The predicted octanol–water partition coefficient (Wildman–Crippen LogP) is 5.68. The normalized spacial score (nSPS) is 14.2. The van der Waals surface area contributed by atoms with Crippen LogP contribution >= 0.6 is 0 Å². The van der Waals surface area contributed by atoms with Gasteiger partial charge in [0.05, 0.1) is 0 Å². The van der Waals surface area contributed by atoms with Crippen LogP contribution in [-0.4, -0.2) is 32.0 Å². The van der Waals surface area contributed by atoms with Gasteiger partial charge in [-0.05, 0) is 33.6 Å². The monoisotopic (exact) mass is 342 g/mol. The molecule has 0 bridgehead atoms. The second-order valence-electron chi connectivity index (χ2n) is 5.73. The van der Waals surface area contributed by atoms with Crippen LogP contribution in [0, 0.1) is 5.92 Å². The van der Waals surface area contributed by atoms with Crippen LogP contribution in [-0.2, 0) is 14.2 Å². The van der Waals surface area contributed by atoms with Crippen LogP contribution in [0.1, 0.15) is 72.6 Å². The van der Waals surface area contributed by atoms with E-state index in [1.807, 2.05) is 27.7 Å². The highest BCUT2D eigenvalue weighted by Gasteiger charge is 2.38. The van der Waals surface area contributed by atoms with Crippen LogP contribution in [0.4, 0.5) is 13.2 Å². The lowest BCUT2D eigenvalue weighted by atomic mass is 9.99. The molecule has 140 valence electrons. The van der Waals surface area contributed by atoms with Crippen LogP contribution in [0.25, 0.3) is 0 Å². The first-order valence-electron chi connectivity index (χ1n) is 8.79. The summed E-state index contributed by atoms with van der Waals surface area (Å²) in [4.78, 5) is 0. The fourth-order valence-electron chi connectivity index (χ4n) is 2.64. The smallest absolute Gasteiger partial charge is 0.328 e. The van der Waals surface area contributed by atoms with Crippen molar-refractivity contribution in [3.63, 3.8) is 0 Å². The van der Waals surface area contributed by atoms with Crippen molar-refractivity contribution in [3.05, 3.63) is 0 Å². The second-order valence-corrected chi connectivity index (χ2v) is 5.73. The number of hydrogen-bond donors (Lipinski definition) is 0. The van der Waals surface area contributed by atoms with Crippen molar-refractivity contribution in [1.29, 1.82) is 0 Å². The molecule has 0 aromatic carbocycles. The minimum Gasteiger partial charge on any atom is -0.328 e. The van der Waals surface area contributed by atoms with Crippen molar-refractivity contribution in [1.82, 2.24) is 0 Å². The zero-order valence-corrected chi connectivity index (χ0v) is 15.0. The molecule has 1 atom stereocenters. The first-order chi connectivity index (χ1) is 10.8. The summed E-state index contributed by atoms with van der Waals surface area (Å²) in [6.07, 6.45) is -0.314. The predicted molar refractivity (Wildman–Crippen MR) is 85.1 cm³/mol. The Labute approximate surface area is 138 Å². The number of halogens is 3. The zero-order chi connectivity index (χ0) is 17.8. The Morgan fingerprint density at radius 1 is 0.739 bits per heavy atom. The molecule has 0 aliphatic rings. The molecule has 0 radical (unpaired) electrons. The Hall–Kier alpha value is -0.330. The van der Waals surface area contributed by atoms with Crippen molar-refractivity contribution in [2.45, 2.75) is 84.8 Å². The standard InChI is InChI=1S/C17H33F3O3/c1-5-21-17(22-6-2,23-7-3)15(4)13-11-9-8-10-12-14-16(18,19)20/h15H,5-14H2,1-4H3. The van der Waals surface area contributed by atoms with Gasteiger partial charge in [-0.2, -0.15) is 13.2 Å². The number of rotatable bonds is 14. The van der Waals surface area contributed by atoms with E-state index in [0.717, 1.165) is 25.7 Å². The first kappa shape index (κ1) is 22.7. The van der Waals surface area contributed by atoms with E-state index in [0.29, 0.717) is 26.2 Å². The van der Waals surface area contributed by atoms with E-state index in [1.165, 1.54) is 0 Å². The molecule has 1 unspecified atom stereocenters. The largest absolute Gasteiger partial charge is 0.389 e. The highest BCUT2D eigenvalue weighted by Crippen LogP contribution is 2.30. The molecule has 6 heteroatoms. The zero-order valence-electron chi connectivity index (χ0n) is 15.0. The summed E-state index contributed by atoms with van der Waals surface area (Å²) >= 11 is 0. The fourth-order valence-corrected chi connectivity index (χ4v) is 2.64. The van der Waals surface area contributed by atoms with E-state index in [9.17, 15) is 13.2 Å². The van der Waals surface area contributed by atoms with Gasteiger partial charge in [0.15, 0.2) is 0 Å². The molecule has 0 aromatic rings. The van der Waals surface area contributed by atoms with Gasteiger partial charge >= 0.3 is 6.18 Å². The molecule has 3 nitrogen and oxygen atoms in total. The highest BCUT2D eigenvalue weighted by atomic mass is 19.4. The van der Waals surface area contributed by atoms with E-state index in [1.54, 1.807) is 0 Å². The molecule has 0 heterocycles. The van der Waals surface area contributed by atoms with Gasteiger partial charge in [-0.15, -0.1) is 0 Å². The van der Waals surface area contributed by atoms with Crippen molar-refractivity contribution in [2.24, 2.45) is 5.92 Å². The Morgan fingerprint density at radius 3 is 1.61 bits per heavy atom. The first-order valence-corrected chi connectivity index (χ1v) is 8.79. The number of hydrogen-bond acceptors (Lipinski definition) is 3. The summed E-state index contributed by atoms with van der Waals surface area (Å²) < 4.78 is 53.3. The molecule has 0 rings (SSSR count). The molecule has 0 spiro atoms. The van der Waals surface area contributed by atoms with Crippen LogP contribution in [0.2, 0.25) is 0 Å². The molecule has 0 N–H and O–H groups in total. The molecular weight excluding hydrogens is 309 g/mol. The van der Waals surface area contributed by atoms with Gasteiger partial charge in [0, 0.05) is 32.2 Å². The van der Waals surface area contributed by atoms with Crippen LogP contribution in [0.3, 0.4) is 0 Å². The van der Waals surface area contributed by atoms with E-state index >= 15 is 0 Å². The quantitative estimate of drug-likeness (QED) is 0.300. The van der Waals surface area contributed by atoms with Crippen molar-refractivity contribution in [2.75, 3.05) is 19.8 Å². The Morgan fingerprint density at radius 2 is 1.17 bits per heavy atom. The van der Waals surface area contributed by atoms with E-state index in [-0.39, 0.29) is 12.3 Å². The third-order valence-electron chi connectivity index (χ3n) is 3.74. The van der Waals surface area contributed by atoms with Crippen LogP contribution in [0.5, 0.6) is 0 Å². The van der Waals surface area contributed by atoms with Crippen molar-refractivity contribution < 1.29 is 27.4 Å². The minimum absolute atomic E-state index is 0.0672. The van der Waals surface area contributed by atoms with E-state index in [4.69, 9.17) is 14.2 Å². The summed E-state index contributed by atoms with van der Waals surface area (Å²) in [5.41, 5.74) is 0. The third-order valence-corrected chi connectivity index (χ3v) is 3.74. The van der Waals surface area contributed by atoms with Crippen molar-refractivity contribution in [3.8, 4) is 0 Å². The third kappa shape index (κ3) is 10.2. The second kappa shape index (κ2) is 12.1. The fraction of sp³-hybridized carbons (Fsp3) is 1.00. The average Bonchev–Trinajstić information content (AvgIpc) is 2.45. The van der Waals surface area contributed by atoms with Gasteiger partial charge in [-0.3, -0.25) is 0 Å². The molecule has 0 saturated heterocycles. The van der Waals surface area contributed by atoms with E-state index in [2.05, 4.69) is 0 Å². The molecule has 0 aromatic heterocycles. The van der Waals surface area contributed by atoms with Gasteiger partial charge < -0.3 is 14.2 Å². The lowest BCUT2D eigenvalue weighted by Gasteiger charge is -2.37. The van der Waals surface area contributed by atoms with Gasteiger partial charge in [-0.1, -0.05) is 32.6 Å². The summed E-state index contributed by atoms with van der Waals surface area (Å²) in [5, 5.41) is 0. The Balaban J connectivity index is 4.09. The number of ether oxygens (including phenoxy) is 3. The molecular formula is C17H33F3O3. The van der Waals surface area contributed by atoms with Crippen LogP contribution in [0.15, 0.2) is 0 Å². The summed E-state index contributed by atoms with van der Waals surface area (Å²) in [7, 11) is 0. The van der Waals surface area contributed by atoms with Gasteiger partial charge in [0.1, 0.15) is 0 Å². The lowest BCUT2D eigenvalue weighted by Crippen LogP contribution is -2.45. The highest BCUT2D eigenvalue weighted by molar-refractivity contribution is 4.68. The van der Waals surface area contributed by atoms with Crippen LogP contribution < -0.4 is 0 Å². The maximum Gasteiger partial charge on any atom is 0.389 e. The minimum atomic E-state index is -4.03. The molecule has 0 fully saturated rings. The average molecular weight is 342 g/mol. The van der Waals surface area contributed by atoms with Gasteiger partial charge in [0.25, 0.3) is 5.97 Å². The van der Waals surface area contributed by atoms with Crippen molar-refractivity contribution >= 4 is 0 Å². The Bertz CT molecular complexity index is 266. The SMILES string of the molecule is CCOC(OCC)(OCC)C(C)CCCCCCCC(F)(F)F. The van der Waals surface area contributed by atoms with Gasteiger partial charge in [-0.25, -0.2) is 0 Å². The number of alkyl halides is 3. The summed E-state index contributed by atoms with van der Waals surface area (Å²) in [5.74, 6) is -0.938. The number of unbranched alkanes of at least 4 members (excludes halogenated alkanes) is 4. The summed E-state index contributed by atoms with van der Waals surface area (Å²) in [6.45, 7) is 9.25. The molecule has 0 aliphatic carbocycles. The lowest BCUT2D eigenvalue weighted by molar-refractivity contribution is -0.400. The molecule has 0 saturated carbocycles. The molecule has 0 aliphatic heterocycles. The maximum absolute atomic E-state index is 12.0. The maximum atomic E-state index is 12.0. The van der Waals surface area contributed by atoms with Gasteiger partial charge in [0.2, 0.25) is 0 Å². The molecule has 0 amide bonds.